The zero-order valence-corrected chi connectivity index (χ0v) is 12.8. The smallest absolute Gasteiger partial charge is 0.326 e. The molecule has 2 rings (SSSR count). The average molecular weight is 305 g/mol. The molecule has 0 radical (unpaired) electrons. The Labute approximate surface area is 130 Å². The standard InChI is InChI=1S/C16H23N3O3/c1-11(20)18-14(16(21)22)9-12-5-6-13(17)15(10-12)19-7-3-2-4-8-19/h5-6,10,14H,2-4,7-9,17H2,1H3,(H,18,20)(H,21,22). The van der Waals surface area contributed by atoms with Gasteiger partial charge in [0.05, 0.1) is 11.4 Å². The highest BCUT2D eigenvalue weighted by atomic mass is 16.4. The lowest BCUT2D eigenvalue weighted by Gasteiger charge is -2.30. The summed E-state index contributed by atoms with van der Waals surface area (Å²) in [6.45, 7) is 3.27. The maximum Gasteiger partial charge on any atom is 0.326 e. The van der Waals surface area contributed by atoms with Gasteiger partial charge in [0.15, 0.2) is 0 Å². The summed E-state index contributed by atoms with van der Waals surface area (Å²) in [5.41, 5.74) is 8.59. The van der Waals surface area contributed by atoms with Gasteiger partial charge >= 0.3 is 5.97 Å². The Morgan fingerprint density at radius 1 is 1.32 bits per heavy atom. The SMILES string of the molecule is CC(=O)NC(Cc1ccc(N)c(N2CCCCC2)c1)C(=O)O. The van der Waals surface area contributed by atoms with E-state index in [-0.39, 0.29) is 12.3 Å². The van der Waals surface area contributed by atoms with Crippen LogP contribution < -0.4 is 16.0 Å². The van der Waals surface area contributed by atoms with E-state index in [0.717, 1.165) is 37.2 Å². The van der Waals surface area contributed by atoms with Crippen molar-refractivity contribution in [2.24, 2.45) is 0 Å². The largest absolute Gasteiger partial charge is 0.480 e. The van der Waals surface area contributed by atoms with Crippen molar-refractivity contribution < 1.29 is 14.7 Å². The first kappa shape index (κ1) is 16.1. The van der Waals surface area contributed by atoms with E-state index in [9.17, 15) is 14.7 Å². The third-order valence-electron chi connectivity index (χ3n) is 3.91. The molecule has 1 unspecified atom stereocenters. The fraction of sp³-hybridized carbons (Fsp3) is 0.500. The minimum absolute atomic E-state index is 0.246. The fourth-order valence-corrected chi connectivity index (χ4v) is 2.81. The van der Waals surface area contributed by atoms with E-state index >= 15 is 0 Å². The van der Waals surface area contributed by atoms with Crippen LogP contribution in [-0.2, 0) is 16.0 Å². The fourth-order valence-electron chi connectivity index (χ4n) is 2.81. The van der Waals surface area contributed by atoms with Crippen LogP contribution in [0.5, 0.6) is 0 Å². The second kappa shape index (κ2) is 7.15. The van der Waals surface area contributed by atoms with E-state index in [1.165, 1.54) is 13.3 Å². The number of amides is 1. The quantitative estimate of drug-likeness (QED) is 0.715. The zero-order valence-electron chi connectivity index (χ0n) is 12.8. The van der Waals surface area contributed by atoms with Crippen LogP contribution in [0.3, 0.4) is 0 Å². The van der Waals surface area contributed by atoms with Crippen molar-refractivity contribution in [2.75, 3.05) is 23.7 Å². The predicted octanol–water partition coefficient (Wildman–Crippen LogP) is 1.39. The molecule has 1 heterocycles. The van der Waals surface area contributed by atoms with Crippen molar-refractivity contribution in [3.63, 3.8) is 0 Å². The molecule has 6 heteroatoms. The second-order valence-corrected chi connectivity index (χ2v) is 5.74. The number of hydrogen-bond donors (Lipinski definition) is 3. The van der Waals surface area contributed by atoms with Gasteiger partial charge < -0.3 is 21.1 Å². The molecule has 1 atom stereocenters. The van der Waals surface area contributed by atoms with Crippen LogP contribution in [0, 0.1) is 0 Å². The topological polar surface area (TPSA) is 95.7 Å². The molecule has 0 bridgehead atoms. The molecule has 120 valence electrons. The van der Waals surface area contributed by atoms with Crippen molar-refractivity contribution in [1.29, 1.82) is 0 Å². The van der Waals surface area contributed by atoms with E-state index in [0.29, 0.717) is 5.69 Å². The van der Waals surface area contributed by atoms with Gasteiger partial charge in [-0.3, -0.25) is 4.79 Å². The van der Waals surface area contributed by atoms with Crippen molar-refractivity contribution in [3.8, 4) is 0 Å². The number of nitrogen functional groups attached to an aromatic ring is 1. The molecule has 22 heavy (non-hydrogen) atoms. The summed E-state index contributed by atoms with van der Waals surface area (Å²) in [7, 11) is 0. The maximum absolute atomic E-state index is 11.2. The van der Waals surface area contributed by atoms with Gasteiger partial charge in [-0.15, -0.1) is 0 Å². The molecule has 1 fully saturated rings. The lowest BCUT2D eigenvalue weighted by Crippen LogP contribution is -2.41. The lowest BCUT2D eigenvalue weighted by molar-refractivity contribution is -0.141. The van der Waals surface area contributed by atoms with Crippen LogP contribution in [0.1, 0.15) is 31.7 Å². The number of hydrogen-bond acceptors (Lipinski definition) is 4. The molecule has 1 aromatic carbocycles. The van der Waals surface area contributed by atoms with Gasteiger partial charge in [0.2, 0.25) is 5.91 Å². The van der Waals surface area contributed by atoms with Gasteiger partial charge in [-0.05, 0) is 37.0 Å². The first-order valence-electron chi connectivity index (χ1n) is 7.60. The van der Waals surface area contributed by atoms with Gasteiger partial charge in [0.25, 0.3) is 0 Å². The minimum atomic E-state index is -1.04. The molecular formula is C16H23N3O3. The molecule has 0 spiro atoms. The molecule has 1 aliphatic rings. The summed E-state index contributed by atoms with van der Waals surface area (Å²) in [4.78, 5) is 24.6. The first-order valence-corrected chi connectivity index (χ1v) is 7.60. The maximum atomic E-state index is 11.2. The third kappa shape index (κ3) is 4.13. The third-order valence-corrected chi connectivity index (χ3v) is 3.91. The Morgan fingerprint density at radius 2 is 2.00 bits per heavy atom. The molecule has 1 aliphatic heterocycles. The van der Waals surface area contributed by atoms with Crippen molar-refractivity contribution >= 4 is 23.3 Å². The van der Waals surface area contributed by atoms with E-state index in [1.54, 1.807) is 0 Å². The number of aliphatic carboxylic acids is 1. The Hall–Kier alpha value is -2.24. The average Bonchev–Trinajstić information content (AvgIpc) is 2.48. The summed E-state index contributed by atoms with van der Waals surface area (Å²) in [6, 6.07) is 4.65. The Balaban J connectivity index is 2.17. The highest BCUT2D eigenvalue weighted by molar-refractivity contribution is 5.82. The van der Waals surface area contributed by atoms with Gasteiger partial charge in [0, 0.05) is 26.4 Å². The number of piperidine rings is 1. The van der Waals surface area contributed by atoms with E-state index in [4.69, 9.17) is 5.73 Å². The number of benzene rings is 1. The number of nitrogens with two attached hydrogens (primary N) is 1. The first-order chi connectivity index (χ1) is 10.5. The second-order valence-electron chi connectivity index (χ2n) is 5.74. The molecule has 0 saturated carbocycles. The van der Waals surface area contributed by atoms with E-state index in [2.05, 4.69) is 10.2 Å². The Bertz CT molecular complexity index is 554. The van der Waals surface area contributed by atoms with Crippen LogP contribution in [0.4, 0.5) is 11.4 Å². The number of anilines is 2. The monoisotopic (exact) mass is 305 g/mol. The number of nitrogens with one attached hydrogen (secondary N) is 1. The number of carboxylic acids is 1. The number of carbonyl (C=O) groups is 2. The van der Waals surface area contributed by atoms with Crippen LogP contribution in [0.2, 0.25) is 0 Å². The molecule has 0 aromatic heterocycles. The van der Waals surface area contributed by atoms with E-state index < -0.39 is 12.0 Å². The minimum Gasteiger partial charge on any atom is -0.480 e. The van der Waals surface area contributed by atoms with Crippen LogP contribution in [-0.4, -0.2) is 36.1 Å². The summed E-state index contributed by atoms with van der Waals surface area (Å²) < 4.78 is 0. The van der Waals surface area contributed by atoms with Crippen LogP contribution in [0.25, 0.3) is 0 Å². The van der Waals surface area contributed by atoms with Gasteiger partial charge in [-0.1, -0.05) is 6.07 Å². The van der Waals surface area contributed by atoms with Crippen LogP contribution in [0.15, 0.2) is 18.2 Å². The number of carbonyl (C=O) groups excluding carboxylic acids is 1. The van der Waals surface area contributed by atoms with E-state index in [1.807, 2.05) is 18.2 Å². The zero-order chi connectivity index (χ0) is 16.1. The molecular weight excluding hydrogens is 282 g/mol. The molecule has 0 aliphatic carbocycles. The Kier molecular flexibility index (Phi) is 5.25. The summed E-state index contributed by atoms with van der Waals surface area (Å²) >= 11 is 0. The van der Waals surface area contributed by atoms with Crippen molar-refractivity contribution in [2.45, 2.75) is 38.6 Å². The molecule has 4 N–H and O–H groups in total. The normalized spacial score (nSPS) is 16.1. The highest BCUT2D eigenvalue weighted by Gasteiger charge is 2.20. The molecule has 6 nitrogen and oxygen atoms in total. The lowest BCUT2D eigenvalue weighted by atomic mass is 10.0. The Morgan fingerprint density at radius 3 is 2.59 bits per heavy atom. The van der Waals surface area contributed by atoms with Crippen molar-refractivity contribution in [1.82, 2.24) is 5.32 Å². The van der Waals surface area contributed by atoms with Gasteiger partial charge in [0.1, 0.15) is 6.04 Å². The molecule has 1 amide bonds. The summed E-state index contributed by atoms with van der Waals surface area (Å²) in [5.74, 6) is -1.38. The number of rotatable bonds is 5. The molecule has 1 saturated heterocycles. The van der Waals surface area contributed by atoms with Gasteiger partial charge in [-0.2, -0.15) is 0 Å². The van der Waals surface area contributed by atoms with Crippen LogP contribution >= 0.6 is 0 Å². The summed E-state index contributed by atoms with van der Waals surface area (Å²) in [6.07, 6.45) is 3.77. The van der Waals surface area contributed by atoms with Crippen molar-refractivity contribution in [3.05, 3.63) is 23.8 Å². The number of carboxylic acid groups (broad SMARTS) is 1. The molecule has 1 aromatic rings. The number of nitrogens with zero attached hydrogens (tertiary/aromatic N) is 1. The highest BCUT2D eigenvalue weighted by Crippen LogP contribution is 2.27. The summed E-state index contributed by atoms with van der Waals surface area (Å²) in [5, 5.41) is 11.7. The predicted molar refractivity (Wildman–Crippen MR) is 85.9 cm³/mol. The van der Waals surface area contributed by atoms with Gasteiger partial charge in [-0.25, -0.2) is 4.79 Å².